The quantitative estimate of drug-likeness (QED) is 0.151. The lowest BCUT2D eigenvalue weighted by Crippen LogP contribution is -1.79. The smallest absolute Gasteiger partial charge is 0.0449 e. The number of benzene rings is 1. The molecule has 0 saturated heterocycles. The van der Waals surface area contributed by atoms with E-state index in [1.54, 1.807) is 0 Å². The topological polar surface area (TPSA) is 0 Å². The maximum Gasteiger partial charge on any atom is 0.0449 e. The summed E-state index contributed by atoms with van der Waals surface area (Å²) in [6.07, 6.45) is 7.20. The van der Waals surface area contributed by atoms with Gasteiger partial charge in [0.2, 0.25) is 0 Å². The van der Waals surface area contributed by atoms with Gasteiger partial charge in [0.1, 0.15) is 0 Å². The van der Waals surface area contributed by atoms with Crippen LogP contribution in [0.5, 0.6) is 0 Å². The lowest BCUT2D eigenvalue weighted by molar-refractivity contribution is 0.953. The molecule has 4 aromatic heterocycles. The minimum absolute atomic E-state index is 1.17. The lowest BCUT2D eigenvalue weighted by atomic mass is 10.1. The van der Waals surface area contributed by atoms with Crippen molar-refractivity contribution in [3.8, 4) is 40.4 Å². The molecule has 0 nitrogen and oxygen atoms in total. The van der Waals surface area contributed by atoms with Crippen LogP contribution in [0.15, 0.2) is 72.8 Å². The van der Waals surface area contributed by atoms with Gasteiger partial charge in [-0.15, -0.1) is 63.8 Å². The molecular weight excluding hydrogens is 527 g/mol. The lowest BCUT2D eigenvalue weighted by Gasteiger charge is -2.01. The fourth-order valence-electron chi connectivity index (χ4n) is 3.89. The number of thiophene rings is 4. The van der Waals surface area contributed by atoms with Crippen LogP contribution in [0, 0.1) is 0 Å². The van der Waals surface area contributed by atoms with Gasteiger partial charge in [-0.25, -0.2) is 0 Å². The molecule has 1 aromatic carbocycles. The Kier molecular flexibility index (Phi) is 8.49. The molecule has 5 aromatic rings. The van der Waals surface area contributed by atoms with Gasteiger partial charge in [0.05, 0.1) is 0 Å². The Morgan fingerprint density at radius 3 is 1.18 bits per heavy atom. The number of aryl methyl sites for hydroxylation is 2. The Hall–Kier alpha value is -1.12. The highest BCUT2D eigenvalue weighted by Crippen LogP contribution is 2.40. The fraction of sp³-hybridized carbons (Fsp3) is 0.214. The summed E-state index contributed by atoms with van der Waals surface area (Å²) < 4.78 is 0. The van der Waals surface area contributed by atoms with Gasteiger partial charge in [0.15, 0.2) is 0 Å². The summed E-state index contributed by atoms with van der Waals surface area (Å²) in [7, 11) is 5.65. The van der Waals surface area contributed by atoms with Gasteiger partial charge >= 0.3 is 0 Å². The van der Waals surface area contributed by atoms with Crippen LogP contribution in [0.2, 0.25) is 0 Å². The van der Waals surface area contributed by atoms with Crippen molar-refractivity contribution in [2.75, 3.05) is 12.3 Å². The first-order chi connectivity index (χ1) is 16.7. The third-order valence-electron chi connectivity index (χ3n) is 5.73. The Morgan fingerprint density at radius 1 is 0.412 bits per heavy atom. The number of rotatable bonds is 10. The summed E-state index contributed by atoms with van der Waals surface area (Å²) in [6, 6.07) is 27.4. The molecule has 2 unspecified atom stereocenters. The zero-order valence-electron chi connectivity index (χ0n) is 19.0. The second-order valence-electron chi connectivity index (χ2n) is 8.22. The van der Waals surface area contributed by atoms with Crippen molar-refractivity contribution >= 4 is 63.8 Å². The first-order valence-electron chi connectivity index (χ1n) is 11.6. The standard InChI is InChI=1S/C28H28P2S4/c29-17-1-3-21-9-11-25(31-21)27-15-13-23(33-27)19-5-7-20(8-6-19)24-14-16-28(34-24)26-12-10-22(32-26)4-2-18-30/h5-16H,1-4,17-18,29-30H2. The highest BCUT2D eigenvalue weighted by Gasteiger charge is 2.10. The largest absolute Gasteiger partial charge is 0.139 e. The van der Waals surface area contributed by atoms with Crippen molar-refractivity contribution in [3.05, 3.63) is 82.6 Å². The van der Waals surface area contributed by atoms with E-state index in [0.717, 1.165) is 0 Å². The van der Waals surface area contributed by atoms with E-state index in [4.69, 9.17) is 0 Å². The summed E-state index contributed by atoms with van der Waals surface area (Å²) in [5.41, 5.74) is 2.60. The minimum Gasteiger partial charge on any atom is -0.139 e. The second kappa shape index (κ2) is 11.7. The highest BCUT2D eigenvalue weighted by molar-refractivity contribution is 7.24. The van der Waals surface area contributed by atoms with Crippen molar-refractivity contribution in [3.63, 3.8) is 0 Å². The average Bonchev–Trinajstić information content (AvgIpc) is 3.67. The summed E-state index contributed by atoms with van der Waals surface area (Å²) in [5, 5.41) is 0. The van der Waals surface area contributed by atoms with Gasteiger partial charge in [0, 0.05) is 39.0 Å². The molecule has 0 amide bonds. The summed E-state index contributed by atoms with van der Waals surface area (Å²) in [5.74, 6) is 0. The van der Waals surface area contributed by atoms with E-state index in [0.29, 0.717) is 0 Å². The molecule has 6 heteroatoms. The molecule has 0 bridgehead atoms. The van der Waals surface area contributed by atoms with E-state index >= 15 is 0 Å². The van der Waals surface area contributed by atoms with Gasteiger partial charge in [0.25, 0.3) is 0 Å². The third-order valence-corrected chi connectivity index (χ3v) is 11.5. The zero-order valence-corrected chi connectivity index (χ0v) is 24.5. The van der Waals surface area contributed by atoms with Gasteiger partial charge in [-0.1, -0.05) is 24.3 Å². The normalized spacial score (nSPS) is 11.4. The van der Waals surface area contributed by atoms with Gasteiger partial charge in [-0.05, 0) is 97.7 Å². The maximum atomic E-state index is 2.83. The molecule has 4 heterocycles. The molecule has 0 radical (unpaired) electrons. The Bertz CT molecular complexity index is 1230. The molecule has 174 valence electrons. The predicted molar refractivity (Wildman–Crippen MR) is 165 cm³/mol. The van der Waals surface area contributed by atoms with E-state index in [-0.39, 0.29) is 0 Å². The molecule has 0 aliphatic carbocycles. The third kappa shape index (κ3) is 5.81. The van der Waals surface area contributed by atoms with Crippen LogP contribution in [0.1, 0.15) is 22.6 Å². The Balaban J connectivity index is 1.28. The second-order valence-corrected chi connectivity index (χ2v) is 13.9. The van der Waals surface area contributed by atoms with Crippen molar-refractivity contribution in [1.82, 2.24) is 0 Å². The maximum absolute atomic E-state index is 2.83. The van der Waals surface area contributed by atoms with Gasteiger partial charge in [-0.3, -0.25) is 0 Å². The minimum atomic E-state index is 1.17. The van der Waals surface area contributed by atoms with E-state index < -0.39 is 0 Å². The van der Waals surface area contributed by atoms with E-state index in [9.17, 15) is 0 Å². The van der Waals surface area contributed by atoms with Crippen molar-refractivity contribution in [1.29, 1.82) is 0 Å². The average molecular weight is 555 g/mol. The van der Waals surface area contributed by atoms with Crippen molar-refractivity contribution in [2.24, 2.45) is 0 Å². The SMILES string of the molecule is PCCCc1ccc(-c2ccc(-c3ccc(-c4ccc(-c5ccc(CCCP)s5)s4)cc3)s2)s1. The Labute approximate surface area is 223 Å². The Morgan fingerprint density at radius 2 is 0.765 bits per heavy atom. The molecule has 0 aliphatic heterocycles. The van der Waals surface area contributed by atoms with Crippen LogP contribution in [-0.2, 0) is 12.8 Å². The van der Waals surface area contributed by atoms with Crippen molar-refractivity contribution in [2.45, 2.75) is 25.7 Å². The molecule has 0 saturated carbocycles. The molecular formula is C28H28P2S4. The molecule has 0 N–H and O–H groups in total. The predicted octanol–water partition coefficient (Wildman–Crippen LogP) is 10.2. The van der Waals surface area contributed by atoms with Crippen LogP contribution in [0.4, 0.5) is 0 Å². The molecule has 2 atom stereocenters. The van der Waals surface area contributed by atoms with Crippen LogP contribution in [0.25, 0.3) is 40.4 Å². The van der Waals surface area contributed by atoms with Crippen LogP contribution in [0.3, 0.4) is 0 Å². The molecule has 34 heavy (non-hydrogen) atoms. The van der Waals surface area contributed by atoms with Crippen LogP contribution < -0.4 is 0 Å². The molecule has 0 fully saturated rings. The molecule has 5 rings (SSSR count). The molecule has 0 spiro atoms. The van der Waals surface area contributed by atoms with Crippen LogP contribution >= 0.6 is 63.8 Å². The number of hydrogen-bond donors (Lipinski definition) is 0. The van der Waals surface area contributed by atoms with Gasteiger partial charge in [-0.2, -0.15) is 0 Å². The fourth-order valence-corrected chi connectivity index (χ4v) is 8.60. The van der Waals surface area contributed by atoms with Crippen LogP contribution in [-0.4, -0.2) is 12.3 Å². The summed E-state index contributed by atoms with van der Waals surface area (Å²) in [4.78, 5) is 11.2. The number of hydrogen-bond acceptors (Lipinski definition) is 4. The molecule has 0 aliphatic rings. The highest BCUT2D eigenvalue weighted by atomic mass is 32.1. The first-order valence-corrected chi connectivity index (χ1v) is 16.5. The summed E-state index contributed by atoms with van der Waals surface area (Å²) >= 11 is 7.68. The van der Waals surface area contributed by atoms with Gasteiger partial charge < -0.3 is 0 Å². The van der Waals surface area contributed by atoms with E-state index in [1.165, 1.54) is 88.2 Å². The van der Waals surface area contributed by atoms with E-state index in [1.807, 2.05) is 45.3 Å². The monoisotopic (exact) mass is 554 g/mol. The zero-order chi connectivity index (χ0) is 23.3. The summed E-state index contributed by atoms with van der Waals surface area (Å²) in [6.45, 7) is 0. The first kappa shape index (κ1) is 24.6. The van der Waals surface area contributed by atoms with E-state index in [2.05, 4.69) is 91.3 Å². The van der Waals surface area contributed by atoms with Crippen molar-refractivity contribution < 1.29 is 0 Å².